The fourth-order valence-corrected chi connectivity index (χ4v) is 2.54. The van der Waals surface area contributed by atoms with Crippen molar-refractivity contribution in [2.45, 2.75) is 0 Å². The number of carbonyl (C=O) groups is 2. The predicted molar refractivity (Wildman–Crippen MR) is 74.6 cm³/mol. The van der Waals surface area contributed by atoms with Gasteiger partial charge < -0.3 is 9.84 Å². The Hall–Kier alpha value is -3.22. The summed E-state index contributed by atoms with van der Waals surface area (Å²) >= 11 is 0. The molecule has 0 fully saturated rings. The third-order valence-corrected chi connectivity index (χ3v) is 3.53. The van der Waals surface area contributed by atoms with Crippen LogP contribution in [-0.4, -0.2) is 28.7 Å². The molecule has 110 valence electrons. The quantitative estimate of drug-likeness (QED) is 0.573. The van der Waals surface area contributed by atoms with E-state index in [2.05, 4.69) is 0 Å². The van der Waals surface area contributed by atoms with Crippen LogP contribution in [0.1, 0.15) is 31.8 Å². The number of aromatic hydroxyl groups is 1. The van der Waals surface area contributed by atoms with Crippen molar-refractivity contribution in [2.24, 2.45) is 0 Å². The van der Waals surface area contributed by atoms with Crippen LogP contribution in [0.2, 0.25) is 0 Å². The van der Waals surface area contributed by atoms with Gasteiger partial charge >= 0.3 is 5.69 Å². The molecule has 1 aliphatic carbocycles. The van der Waals surface area contributed by atoms with E-state index in [4.69, 9.17) is 4.74 Å². The van der Waals surface area contributed by atoms with E-state index in [0.717, 1.165) is 6.07 Å². The minimum Gasteiger partial charge on any atom is -0.499 e. The minimum absolute atomic E-state index is 0.0765. The van der Waals surface area contributed by atoms with Gasteiger partial charge in [-0.1, -0.05) is 24.3 Å². The van der Waals surface area contributed by atoms with Crippen molar-refractivity contribution in [2.75, 3.05) is 7.11 Å². The molecule has 1 aliphatic rings. The molecule has 2 aromatic rings. The Kier molecular flexibility index (Phi) is 2.91. The highest BCUT2D eigenvalue weighted by Gasteiger charge is 2.39. The van der Waals surface area contributed by atoms with Gasteiger partial charge in [0.25, 0.3) is 0 Å². The van der Waals surface area contributed by atoms with Crippen LogP contribution in [0, 0.1) is 10.1 Å². The Morgan fingerprint density at radius 1 is 1.09 bits per heavy atom. The maximum Gasteiger partial charge on any atom is 0.326 e. The maximum absolute atomic E-state index is 12.5. The summed E-state index contributed by atoms with van der Waals surface area (Å²) < 4.78 is 4.86. The molecular formula is C15H9NO6. The van der Waals surface area contributed by atoms with Gasteiger partial charge in [-0.15, -0.1) is 0 Å². The van der Waals surface area contributed by atoms with Gasteiger partial charge in [-0.2, -0.15) is 0 Å². The lowest BCUT2D eigenvalue weighted by Crippen LogP contribution is -2.22. The lowest BCUT2D eigenvalue weighted by atomic mass is 9.83. The van der Waals surface area contributed by atoms with E-state index < -0.39 is 33.5 Å². The van der Waals surface area contributed by atoms with E-state index in [1.165, 1.54) is 19.2 Å². The van der Waals surface area contributed by atoms with Crippen LogP contribution in [-0.2, 0) is 0 Å². The van der Waals surface area contributed by atoms with Crippen molar-refractivity contribution < 1.29 is 24.4 Å². The molecule has 0 unspecified atom stereocenters. The summed E-state index contributed by atoms with van der Waals surface area (Å²) in [7, 11) is 1.20. The summed E-state index contributed by atoms with van der Waals surface area (Å²) in [6.07, 6.45) is 0. The van der Waals surface area contributed by atoms with Crippen LogP contribution in [0.4, 0.5) is 5.69 Å². The van der Waals surface area contributed by atoms with Crippen molar-refractivity contribution in [1.82, 2.24) is 0 Å². The summed E-state index contributed by atoms with van der Waals surface area (Å²) in [5.74, 6) is -2.20. The Morgan fingerprint density at radius 2 is 1.68 bits per heavy atom. The van der Waals surface area contributed by atoms with Gasteiger partial charge in [-0.3, -0.25) is 19.7 Å². The molecule has 0 heterocycles. The molecule has 0 saturated heterocycles. The fourth-order valence-electron chi connectivity index (χ4n) is 2.54. The van der Waals surface area contributed by atoms with Gasteiger partial charge in [0.05, 0.1) is 12.0 Å². The number of nitro benzene ring substituents is 1. The van der Waals surface area contributed by atoms with Crippen molar-refractivity contribution >= 4 is 17.3 Å². The van der Waals surface area contributed by atoms with Gasteiger partial charge in [0.2, 0.25) is 11.5 Å². The zero-order chi connectivity index (χ0) is 16.0. The summed E-state index contributed by atoms with van der Waals surface area (Å²) in [5, 5.41) is 21.2. The van der Waals surface area contributed by atoms with E-state index in [0.29, 0.717) is 0 Å². The number of rotatable bonds is 2. The normalized spacial score (nSPS) is 12.6. The number of carbonyl (C=O) groups excluding carboxylic acids is 2. The number of fused-ring (bicyclic) bond motifs is 2. The molecule has 0 aliphatic heterocycles. The molecule has 0 aromatic heterocycles. The number of phenols is 1. The van der Waals surface area contributed by atoms with Crippen molar-refractivity contribution in [3.8, 4) is 11.5 Å². The van der Waals surface area contributed by atoms with E-state index in [-0.39, 0.29) is 22.4 Å². The van der Waals surface area contributed by atoms with Crippen molar-refractivity contribution in [1.29, 1.82) is 0 Å². The highest BCUT2D eigenvalue weighted by molar-refractivity contribution is 6.30. The van der Waals surface area contributed by atoms with Gasteiger partial charge in [0.15, 0.2) is 11.5 Å². The Morgan fingerprint density at radius 3 is 2.23 bits per heavy atom. The maximum atomic E-state index is 12.5. The SMILES string of the molecule is COc1cc2c(c([N+](=O)[O-])c1O)C(=O)c1ccccc1C2=O. The van der Waals surface area contributed by atoms with Crippen LogP contribution >= 0.6 is 0 Å². The van der Waals surface area contributed by atoms with E-state index in [1.807, 2.05) is 0 Å². The predicted octanol–water partition coefficient (Wildman–Crippen LogP) is 2.08. The van der Waals surface area contributed by atoms with Gasteiger partial charge in [0, 0.05) is 16.7 Å². The number of nitrogens with zero attached hydrogens (tertiary/aromatic N) is 1. The molecule has 0 spiro atoms. The standard InChI is InChI=1S/C15H9NO6/c1-22-10-6-9-11(12(15(10)19)16(20)21)14(18)8-5-3-2-4-7(8)13(9)17/h2-6,19H,1H3. The van der Waals surface area contributed by atoms with E-state index >= 15 is 0 Å². The minimum atomic E-state index is -0.893. The van der Waals surface area contributed by atoms with E-state index in [9.17, 15) is 24.8 Å². The topological polar surface area (TPSA) is 107 Å². The third-order valence-electron chi connectivity index (χ3n) is 3.53. The fraction of sp³-hybridized carbons (Fsp3) is 0.0667. The molecule has 1 N–H and O–H groups in total. The summed E-state index contributed by atoms with van der Waals surface area (Å²) in [4.78, 5) is 35.4. The first-order valence-electron chi connectivity index (χ1n) is 6.24. The van der Waals surface area contributed by atoms with Crippen LogP contribution in [0.3, 0.4) is 0 Å². The molecule has 0 amide bonds. The zero-order valence-corrected chi connectivity index (χ0v) is 11.3. The highest BCUT2D eigenvalue weighted by Crippen LogP contribution is 2.44. The molecule has 0 bridgehead atoms. The number of ketones is 2. The molecule has 3 rings (SSSR count). The number of phenolic OH excluding ortho intramolecular Hbond substituents is 1. The number of hydrogen-bond donors (Lipinski definition) is 1. The number of nitro groups is 1. The number of hydrogen-bond acceptors (Lipinski definition) is 6. The molecule has 7 nitrogen and oxygen atoms in total. The molecule has 0 atom stereocenters. The Balaban J connectivity index is 2.42. The lowest BCUT2D eigenvalue weighted by molar-refractivity contribution is -0.386. The van der Waals surface area contributed by atoms with E-state index in [1.54, 1.807) is 12.1 Å². The van der Waals surface area contributed by atoms with Gasteiger partial charge in [0.1, 0.15) is 5.56 Å². The molecule has 2 aromatic carbocycles. The van der Waals surface area contributed by atoms with Crippen LogP contribution in [0.5, 0.6) is 11.5 Å². The van der Waals surface area contributed by atoms with Crippen LogP contribution in [0.15, 0.2) is 30.3 Å². The Bertz CT molecular complexity index is 855. The first kappa shape index (κ1) is 13.7. The summed E-state index contributed by atoms with van der Waals surface area (Å²) in [6.45, 7) is 0. The third kappa shape index (κ3) is 1.69. The average Bonchev–Trinajstić information content (AvgIpc) is 2.51. The number of benzene rings is 2. The lowest BCUT2D eigenvalue weighted by Gasteiger charge is -2.18. The summed E-state index contributed by atoms with van der Waals surface area (Å²) in [6, 6.07) is 7.20. The van der Waals surface area contributed by atoms with Crippen molar-refractivity contribution in [3.63, 3.8) is 0 Å². The molecular weight excluding hydrogens is 290 g/mol. The second-order valence-electron chi connectivity index (χ2n) is 4.66. The Labute approximate surface area is 123 Å². The monoisotopic (exact) mass is 299 g/mol. The van der Waals surface area contributed by atoms with Gasteiger partial charge in [-0.25, -0.2) is 0 Å². The first-order valence-corrected chi connectivity index (χ1v) is 6.24. The first-order chi connectivity index (χ1) is 10.5. The zero-order valence-electron chi connectivity index (χ0n) is 11.3. The largest absolute Gasteiger partial charge is 0.499 e. The number of methoxy groups -OCH3 is 1. The molecule has 0 radical (unpaired) electrons. The van der Waals surface area contributed by atoms with Crippen molar-refractivity contribution in [3.05, 3.63) is 62.7 Å². The van der Waals surface area contributed by atoms with Crippen LogP contribution in [0.25, 0.3) is 0 Å². The smallest absolute Gasteiger partial charge is 0.326 e. The second kappa shape index (κ2) is 4.66. The van der Waals surface area contributed by atoms with Crippen LogP contribution < -0.4 is 4.74 Å². The summed E-state index contributed by atoms with van der Waals surface area (Å²) in [5.41, 5.74) is -1.13. The number of ether oxygens (including phenoxy) is 1. The molecule has 0 saturated carbocycles. The average molecular weight is 299 g/mol. The highest BCUT2D eigenvalue weighted by atomic mass is 16.6. The second-order valence-corrected chi connectivity index (χ2v) is 4.66. The molecule has 7 heteroatoms. The van der Waals surface area contributed by atoms with Gasteiger partial charge in [-0.05, 0) is 6.07 Å². The molecule has 22 heavy (non-hydrogen) atoms.